The van der Waals surface area contributed by atoms with Crippen molar-refractivity contribution in [3.05, 3.63) is 87.9 Å². The molecule has 1 heterocycles. The van der Waals surface area contributed by atoms with E-state index in [2.05, 4.69) is 0 Å². The summed E-state index contributed by atoms with van der Waals surface area (Å²) in [5, 5.41) is 0. The number of rotatable bonds is 2. The number of ketones is 2. The SMILES string of the molecule is CC(=O)C1=C(C)N(C)C2=C(C(=O)c3ccccc32)C1c1ccccc1F. The molecule has 0 bridgehead atoms. The van der Waals surface area contributed by atoms with E-state index in [0.29, 0.717) is 22.3 Å². The predicted molar refractivity (Wildman–Crippen MR) is 98.0 cm³/mol. The van der Waals surface area contributed by atoms with Crippen LogP contribution in [-0.2, 0) is 4.79 Å². The molecule has 4 rings (SSSR count). The number of Topliss-reactive ketones (excluding diaryl/α,β-unsaturated/α-hetero) is 2. The topological polar surface area (TPSA) is 37.4 Å². The van der Waals surface area contributed by atoms with Crippen LogP contribution in [0, 0.1) is 5.82 Å². The quantitative estimate of drug-likeness (QED) is 0.812. The van der Waals surface area contributed by atoms with Gasteiger partial charge in [-0.05, 0) is 19.9 Å². The summed E-state index contributed by atoms with van der Waals surface area (Å²) in [6, 6.07) is 13.7. The van der Waals surface area contributed by atoms with Crippen molar-refractivity contribution < 1.29 is 14.0 Å². The molecule has 2 aromatic rings. The van der Waals surface area contributed by atoms with Crippen LogP contribution in [0.5, 0.6) is 0 Å². The minimum absolute atomic E-state index is 0.137. The van der Waals surface area contributed by atoms with Crippen molar-refractivity contribution >= 4 is 17.3 Å². The van der Waals surface area contributed by atoms with E-state index >= 15 is 0 Å². The van der Waals surface area contributed by atoms with Crippen LogP contribution in [0.2, 0.25) is 0 Å². The van der Waals surface area contributed by atoms with Gasteiger partial charge in [0.1, 0.15) is 5.82 Å². The van der Waals surface area contributed by atoms with Crippen LogP contribution in [0.4, 0.5) is 4.39 Å². The highest BCUT2D eigenvalue weighted by Crippen LogP contribution is 2.50. The highest BCUT2D eigenvalue weighted by Gasteiger charge is 2.44. The van der Waals surface area contributed by atoms with Crippen LogP contribution in [0.3, 0.4) is 0 Å². The second-order valence-electron chi connectivity index (χ2n) is 6.71. The molecule has 0 amide bonds. The van der Waals surface area contributed by atoms with E-state index in [4.69, 9.17) is 0 Å². The Bertz CT molecular complexity index is 1030. The zero-order chi connectivity index (χ0) is 18.6. The first kappa shape index (κ1) is 16.5. The fourth-order valence-corrected chi connectivity index (χ4v) is 4.09. The molecule has 0 radical (unpaired) electrons. The summed E-state index contributed by atoms with van der Waals surface area (Å²) in [5.74, 6) is -1.40. The summed E-state index contributed by atoms with van der Waals surface area (Å²) in [6.07, 6.45) is 0. The first-order chi connectivity index (χ1) is 12.4. The summed E-state index contributed by atoms with van der Waals surface area (Å²) < 4.78 is 14.7. The molecule has 1 aliphatic carbocycles. The molecule has 0 saturated heterocycles. The third kappa shape index (κ3) is 2.11. The van der Waals surface area contributed by atoms with Crippen molar-refractivity contribution in [3.63, 3.8) is 0 Å². The molecule has 0 N–H and O–H groups in total. The second kappa shape index (κ2) is 5.77. The lowest BCUT2D eigenvalue weighted by Crippen LogP contribution is -2.29. The monoisotopic (exact) mass is 347 g/mol. The van der Waals surface area contributed by atoms with Crippen molar-refractivity contribution in [2.24, 2.45) is 0 Å². The smallest absolute Gasteiger partial charge is 0.192 e. The molecule has 1 atom stereocenters. The van der Waals surface area contributed by atoms with E-state index in [9.17, 15) is 14.0 Å². The molecular formula is C22H18FNO2. The van der Waals surface area contributed by atoms with Gasteiger partial charge < -0.3 is 4.90 Å². The minimum Gasteiger partial charge on any atom is -0.347 e. The average molecular weight is 347 g/mol. The summed E-state index contributed by atoms with van der Waals surface area (Å²) in [4.78, 5) is 27.6. The van der Waals surface area contributed by atoms with Crippen molar-refractivity contribution in [1.29, 1.82) is 0 Å². The van der Waals surface area contributed by atoms with Crippen molar-refractivity contribution in [2.45, 2.75) is 19.8 Å². The van der Waals surface area contributed by atoms with Gasteiger partial charge in [0, 0.05) is 46.5 Å². The summed E-state index contributed by atoms with van der Waals surface area (Å²) in [7, 11) is 1.85. The number of carbonyl (C=O) groups excluding carboxylic acids is 2. The number of halogens is 1. The molecule has 26 heavy (non-hydrogen) atoms. The molecule has 1 aliphatic heterocycles. The van der Waals surface area contributed by atoms with Gasteiger partial charge in [0.15, 0.2) is 11.6 Å². The number of benzene rings is 2. The van der Waals surface area contributed by atoms with Crippen molar-refractivity contribution in [2.75, 3.05) is 7.05 Å². The van der Waals surface area contributed by atoms with E-state index < -0.39 is 11.7 Å². The Morgan fingerprint density at radius 2 is 1.65 bits per heavy atom. The normalized spacial score (nSPS) is 19.0. The first-order valence-corrected chi connectivity index (χ1v) is 8.51. The molecule has 2 aromatic carbocycles. The molecule has 1 unspecified atom stereocenters. The zero-order valence-corrected chi connectivity index (χ0v) is 14.8. The Hall–Kier alpha value is -3.01. The highest BCUT2D eigenvalue weighted by atomic mass is 19.1. The standard InChI is InChI=1S/C22H18FNO2/c1-12-18(13(2)25)19(16-10-6-7-11-17(16)23)20-21(24(12)3)14-8-4-5-9-15(14)22(20)26/h4-11,19H,1-3H3. The Labute approximate surface area is 151 Å². The molecular weight excluding hydrogens is 329 g/mol. The summed E-state index contributed by atoms with van der Waals surface area (Å²) >= 11 is 0. The Morgan fingerprint density at radius 3 is 2.31 bits per heavy atom. The maximum Gasteiger partial charge on any atom is 0.192 e. The van der Waals surface area contributed by atoms with Gasteiger partial charge >= 0.3 is 0 Å². The van der Waals surface area contributed by atoms with Crippen molar-refractivity contribution in [1.82, 2.24) is 4.90 Å². The van der Waals surface area contributed by atoms with Gasteiger partial charge in [-0.2, -0.15) is 0 Å². The first-order valence-electron chi connectivity index (χ1n) is 8.51. The summed E-state index contributed by atoms with van der Waals surface area (Å²) in [6.45, 7) is 3.32. The molecule has 2 aliphatic rings. The minimum atomic E-state index is -0.695. The molecule has 3 nitrogen and oxygen atoms in total. The number of allylic oxidation sites excluding steroid dienone is 3. The van der Waals surface area contributed by atoms with Crippen LogP contribution < -0.4 is 0 Å². The lowest BCUT2D eigenvalue weighted by atomic mass is 9.78. The zero-order valence-electron chi connectivity index (χ0n) is 14.8. The summed E-state index contributed by atoms with van der Waals surface area (Å²) in [5.41, 5.74) is 4.25. The van der Waals surface area contributed by atoms with Crippen molar-refractivity contribution in [3.8, 4) is 0 Å². The van der Waals surface area contributed by atoms with Crippen LogP contribution in [0.1, 0.15) is 41.3 Å². The van der Waals surface area contributed by atoms with Gasteiger partial charge in [-0.3, -0.25) is 9.59 Å². The lowest BCUT2D eigenvalue weighted by molar-refractivity contribution is -0.113. The van der Waals surface area contributed by atoms with Gasteiger partial charge in [-0.15, -0.1) is 0 Å². The maximum absolute atomic E-state index is 14.7. The molecule has 0 spiro atoms. The Balaban J connectivity index is 2.05. The van der Waals surface area contributed by atoms with Crippen LogP contribution in [0.15, 0.2) is 65.4 Å². The number of fused-ring (bicyclic) bond motifs is 2. The predicted octanol–water partition coefficient (Wildman–Crippen LogP) is 4.33. The number of hydrogen-bond acceptors (Lipinski definition) is 3. The Kier molecular flexibility index (Phi) is 3.65. The lowest BCUT2D eigenvalue weighted by Gasteiger charge is -2.35. The van der Waals surface area contributed by atoms with E-state index in [-0.39, 0.29) is 11.6 Å². The molecule has 0 fully saturated rings. The fourth-order valence-electron chi connectivity index (χ4n) is 4.09. The van der Waals surface area contributed by atoms with Gasteiger partial charge in [0.25, 0.3) is 0 Å². The third-order valence-corrected chi connectivity index (χ3v) is 5.33. The van der Waals surface area contributed by atoms with Crippen LogP contribution >= 0.6 is 0 Å². The third-order valence-electron chi connectivity index (χ3n) is 5.33. The van der Waals surface area contributed by atoms with Gasteiger partial charge in [0.2, 0.25) is 0 Å². The Morgan fingerprint density at radius 1 is 1.04 bits per heavy atom. The van der Waals surface area contributed by atoms with E-state index in [0.717, 1.165) is 17.0 Å². The number of carbonyl (C=O) groups is 2. The molecule has 0 saturated carbocycles. The molecule has 130 valence electrons. The van der Waals surface area contributed by atoms with Crippen LogP contribution in [0.25, 0.3) is 5.70 Å². The molecule has 0 aromatic heterocycles. The fraction of sp³-hybridized carbons (Fsp3) is 0.182. The largest absolute Gasteiger partial charge is 0.347 e. The van der Waals surface area contributed by atoms with Gasteiger partial charge in [0.05, 0.1) is 5.70 Å². The average Bonchev–Trinajstić information content (AvgIpc) is 2.92. The second-order valence-corrected chi connectivity index (χ2v) is 6.71. The molecule has 4 heteroatoms. The number of hydrogen-bond donors (Lipinski definition) is 0. The number of nitrogens with zero attached hydrogens (tertiary/aromatic N) is 1. The van der Waals surface area contributed by atoms with E-state index in [1.165, 1.54) is 13.0 Å². The van der Waals surface area contributed by atoms with E-state index in [1.807, 2.05) is 37.1 Å². The van der Waals surface area contributed by atoms with Gasteiger partial charge in [-0.25, -0.2) is 4.39 Å². The maximum atomic E-state index is 14.7. The van der Waals surface area contributed by atoms with Crippen LogP contribution in [-0.4, -0.2) is 23.5 Å². The van der Waals surface area contributed by atoms with E-state index in [1.54, 1.807) is 24.3 Å². The highest BCUT2D eigenvalue weighted by molar-refractivity contribution is 6.23. The van der Waals surface area contributed by atoms with Gasteiger partial charge in [-0.1, -0.05) is 42.5 Å².